The van der Waals surface area contributed by atoms with Crippen molar-refractivity contribution in [2.75, 3.05) is 0 Å². The number of halogens is 1. The average Bonchev–Trinajstić information content (AvgIpc) is 3.34. The lowest BCUT2D eigenvalue weighted by Gasteiger charge is -2.39. The van der Waals surface area contributed by atoms with Gasteiger partial charge in [-0.15, -0.1) is 0 Å². The van der Waals surface area contributed by atoms with E-state index in [-0.39, 0.29) is 23.6 Å². The van der Waals surface area contributed by atoms with Crippen LogP contribution < -0.4 is 5.56 Å². The molecule has 2 atom stereocenters. The van der Waals surface area contributed by atoms with Crippen LogP contribution in [0.3, 0.4) is 0 Å². The highest BCUT2D eigenvalue weighted by Gasteiger charge is 2.35. The predicted molar refractivity (Wildman–Crippen MR) is 120 cm³/mol. The zero-order valence-corrected chi connectivity index (χ0v) is 18.2. The van der Waals surface area contributed by atoms with Crippen molar-refractivity contribution in [2.45, 2.75) is 39.4 Å². The van der Waals surface area contributed by atoms with Crippen molar-refractivity contribution in [2.24, 2.45) is 0 Å². The molecule has 1 aliphatic heterocycles. The van der Waals surface area contributed by atoms with E-state index in [9.17, 15) is 9.59 Å². The zero-order chi connectivity index (χ0) is 21.9. The summed E-state index contributed by atoms with van der Waals surface area (Å²) in [4.78, 5) is 35.9. The molecule has 5 rings (SSSR count). The van der Waals surface area contributed by atoms with Crippen LogP contribution in [0.1, 0.15) is 41.6 Å². The molecule has 4 aromatic rings. The van der Waals surface area contributed by atoms with Gasteiger partial charge in [-0.2, -0.15) is 0 Å². The Morgan fingerprint density at radius 2 is 2.03 bits per heavy atom. The number of fused-ring (bicyclic) bond motifs is 2. The molecule has 31 heavy (non-hydrogen) atoms. The average molecular weight is 436 g/mol. The first-order valence-corrected chi connectivity index (χ1v) is 10.6. The van der Waals surface area contributed by atoms with Gasteiger partial charge in [0, 0.05) is 40.9 Å². The van der Waals surface area contributed by atoms with Crippen LogP contribution in [0.2, 0.25) is 5.02 Å². The van der Waals surface area contributed by atoms with E-state index < -0.39 is 0 Å². The molecule has 0 aliphatic carbocycles. The monoisotopic (exact) mass is 435 g/mol. The molecule has 0 saturated carbocycles. The molecule has 0 radical (unpaired) electrons. The van der Waals surface area contributed by atoms with E-state index in [1.165, 1.54) is 0 Å². The molecule has 8 heteroatoms. The Hall–Kier alpha value is -3.32. The largest absolute Gasteiger partial charge is 0.361 e. The Kier molecular flexibility index (Phi) is 4.51. The number of aromatic nitrogens is 4. The van der Waals surface area contributed by atoms with Gasteiger partial charge in [-0.1, -0.05) is 11.6 Å². The number of aromatic amines is 1. The van der Waals surface area contributed by atoms with Crippen LogP contribution in [0.25, 0.3) is 16.6 Å². The molecular formula is C23H22ClN5O2. The maximum absolute atomic E-state index is 13.5. The summed E-state index contributed by atoms with van der Waals surface area (Å²) < 4.78 is 3.28. The number of H-pyrrole nitrogens is 1. The molecule has 0 saturated heterocycles. The Labute approximate surface area is 183 Å². The number of benzene rings is 1. The van der Waals surface area contributed by atoms with E-state index in [0.29, 0.717) is 22.9 Å². The standard InChI is InChI=1S/C23H22ClN5O2/c1-13-10-27(12-26-13)20-6-7-21-23(31)29(14(2)11-28(21)22(20)30)15(3)18-9-25-19-5-4-16(24)8-17(18)19/h4-10,12,14-15,25H,11H2,1-3H3. The summed E-state index contributed by atoms with van der Waals surface area (Å²) in [5.74, 6) is -0.159. The van der Waals surface area contributed by atoms with Gasteiger partial charge in [0.15, 0.2) is 0 Å². The number of carbonyl (C=O) groups excluding carboxylic acids is 1. The second-order valence-corrected chi connectivity index (χ2v) is 8.55. The topological polar surface area (TPSA) is 75.9 Å². The third kappa shape index (κ3) is 3.08. The summed E-state index contributed by atoms with van der Waals surface area (Å²) in [5, 5.41) is 1.64. The number of amides is 1. The van der Waals surface area contributed by atoms with Crippen LogP contribution in [0.15, 0.2) is 53.8 Å². The van der Waals surface area contributed by atoms with Gasteiger partial charge in [-0.05, 0) is 56.7 Å². The predicted octanol–water partition coefficient (Wildman–Crippen LogP) is 4.08. The maximum Gasteiger partial charge on any atom is 0.275 e. The summed E-state index contributed by atoms with van der Waals surface area (Å²) >= 11 is 6.21. The van der Waals surface area contributed by atoms with Gasteiger partial charge in [-0.3, -0.25) is 9.59 Å². The van der Waals surface area contributed by atoms with Gasteiger partial charge >= 0.3 is 0 Å². The van der Waals surface area contributed by atoms with Crippen LogP contribution in [0.4, 0.5) is 0 Å². The van der Waals surface area contributed by atoms with E-state index in [1.54, 1.807) is 33.8 Å². The molecular weight excluding hydrogens is 414 g/mol. The fourth-order valence-electron chi connectivity index (χ4n) is 4.54. The first kappa shape index (κ1) is 19.6. The minimum Gasteiger partial charge on any atom is -0.361 e. The van der Waals surface area contributed by atoms with Crippen molar-refractivity contribution in [1.29, 1.82) is 0 Å². The smallest absolute Gasteiger partial charge is 0.275 e. The number of rotatable bonds is 3. The van der Waals surface area contributed by atoms with Gasteiger partial charge in [-0.25, -0.2) is 4.98 Å². The highest BCUT2D eigenvalue weighted by atomic mass is 35.5. The van der Waals surface area contributed by atoms with Crippen molar-refractivity contribution in [3.63, 3.8) is 0 Å². The minimum absolute atomic E-state index is 0.156. The molecule has 7 nitrogen and oxygen atoms in total. The Balaban J connectivity index is 1.55. The van der Waals surface area contributed by atoms with E-state index in [2.05, 4.69) is 9.97 Å². The number of imidazole rings is 1. The highest BCUT2D eigenvalue weighted by Crippen LogP contribution is 2.33. The number of pyridine rings is 1. The maximum atomic E-state index is 13.5. The number of aryl methyl sites for hydroxylation is 1. The van der Waals surface area contributed by atoms with Crippen LogP contribution in [0.5, 0.6) is 0 Å². The molecule has 0 bridgehead atoms. The lowest BCUT2D eigenvalue weighted by Crippen LogP contribution is -2.50. The number of nitrogens with zero attached hydrogens (tertiary/aromatic N) is 4. The molecule has 1 N–H and O–H groups in total. The number of carbonyl (C=O) groups is 1. The van der Waals surface area contributed by atoms with Gasteiger partial charge in [0.1, 0.15) is 11.4 Å². The van der Waals surface area contributed by atoms with Crippen molar-refractivity contribution in [1.82, 2.24) is 24.0 Å². The molecule has 1 aromatic carbocycles. The van der Waals surface area contributed by atoms with Crippen molar-refractivity contribution in [3.05, 3.63) is 81.4 Å². The van der Waals surface area contributed by atoms with Crippen LogP contribution in [-0.2, 0) is 6.54 Å². The molecule has 2 unspecified atom stereocenters. The summed E-state index contributed by atoms with van der Waals surface area (Å²) in [5.41, 5.74) is 3.48. The lowest BCUT2D eigenvalue weighted by atomic mass is 10.0. The Bertz CT molecular complexity index is 1380. The second kappa shape index (κ2) is 7.13. The molecule has 4 heterocycles. The third-order valence-corrected chi connectivity index (χ3v) is 6.30. The van der Waals surface area contributed by atoms with E-state index in [1.807, 2.05) is 50.1 Å². The summed E-state index contributed by atoms with van der Waals surface area (Å²) in [6.07, 6.45) is 5.34. The van der Waals surface area contributed by atoms with Crippen LogP contribution >= 0.6 is 11.6 Å². The van der Waals surface area contributed by atoms with Gasteiger partial charge in [0.05, 0.1) is 18.1 Å². The van der Waals surface area contributed by atoms with Crippen molar-refractivity contribution in [3.8, 4) is 5.69 Å². The summed E-state index contributed by atoms with van der Waals surface area (Å²) in [6, 6.07) is 8.76. The molecule has 1 aliphatic rings. The van der Waals surface area contributed by atoms with E-state index in [0.717, 1.165) is 22.2 Å². The van der Waals surface area contributed by atoms with Crippen LogP contribution in [-0.4, -0.2) is 36.0 Å². The molecule has 158 valence electrons. The molecule has 0 fully saturated rings. The Morgan fingerprint density at radius 3 is 2.77 bits per heavy atom. The van der Waals surface area contributed by atoms with Gasteiger partial charge in [0.25, 0.3) is 11.5 Å². The fourth-order valence-corrected chi connectivity index (χ4v) is 4.71. The molecule has 3 aromatic heterocycles. The third-order valence-electron chi connectivity index (χ3n) is 6.06. The first-order chi connectivity index (χ1) is 14.8. The summed E-state index contributed by atoms with van der Waals surface area (Å²) in [7, 11) is 0. The van der Waals surface area contributed by atoms with Gasteiger partial charge in [0.2, 0.25) is 0 Å². The zero-order valence-electron chi connectivity index (χ0n) is 17.5. The SMILES string of the molecule is Cc1cn(-c2ccc3n(c2=O)CC(C)N(C(C)c2c[nH]c4ccc(Cl)cc24)C3=O)cn1. The van der Waals surface area contributed by atoms with Gasteiger partial charge < -0.3 is 19.0 Å². The molecule has 1 amide bonds. The number of nitrogens with one attached hydrogen (secondary N) is 1. The minimum atomic E-state index is -0.193. The molecule has 0 spiro atoms. The van der Waals surface area contributed by atoms with Crippen LogP contribution in [0, 0.1) is 6.92 Å². The number of hydrogen-bond acceptors (Lipinski definition) is 3. The van der Waals surface area contributed by atoms with E-state index in [4.69, 9.17) is 11.6 Å². The second-order valence-electron chi connectivity index (χ2n) is 8.11. The van der Waals surface area contributed by atoms with Crippen molar-refractivity contribution >= 4 is 28.4 Å². The van der Waals surface area contributed by atoms with E-state index >= 15 is 0 Å². The highest BCUT2D eigenvalue weighted by molar-refractivity contribution is 6.31. The normalized spacial score (nSPS) is 17.2. The number of hydrogen-bond donors (Lipinski definition) is 1. The fraction of sp³-hybridized carbons (Fsp3) is 0.261. The Morgan fingerprint density at radius 1 is 1.23 bits per heavy atom. The lowest BCUT2D eigenvalue weighted by molar-refractivity contribution is 0.0512. The van der Waals surface area contributed by atoms with Crippen molar-refractivity contribution < 1.29 is 4.79 Å². The quantitative estimate of drug-likeness (QED) is 0.526. The summed E-state index contributed by atoms with van der Waals surface area (Å²) in [6.45, 7) is 6.28. The first-order valence-electron chi connectivity index (χ1n) is 10.2.